The van der Waals surface area contributed by atoms with E-state index < -0.39 is 0 Å². The number of hydrogen-bond donors (Lipinski definition) is 1. The lowest BCUT2D eigenvalue weighted by molar-refractivity contribution is 0.475. The van der Waals surface area contributed by atoms with E-state index in [0.717, 1.165) is 5.69 Å². The standard InChI is InChI=1S/C14H12N2O2/c1-9-7-10(2)16(14(18)13(9)8-15)11-3-5-12(17)6-4-11/h3-7,17H,1-2H3. The van der Waals surface area contributed by atoms with Crippen molar-refractivity contribution in [2.45, 2.75) is 13.8 Å². The van der Waals surface area contributed by atoms with Gasteiger partial charge in [0.15, 0.2) is 0 Å². The number of nitriles is 1. The van der Waals surface area contributed by atoms with E-state index in [2.05, 4.69) is 0 Å². The quantitative estimate of drug-likeness (QED) is 0.829. The molecule has 0 aliphatic rings. The first-order valence-corrected chi connectivity index (χ1v) is 5.47. The van der Waals surface area contributed by atoms with Crippen LogP contribution in [0.1, 0.15) is 16.8 Å². The summed E-state index contributed by atoms with van der Waals surface area (Å²) in [5, 5.41) is 18.2. The van der Waals surface area contributed by atoms with E-state index in [-0.39, 0.29) is 16.9 Å². The molecular weight excluding hydrogens is 228 g/mol. The summed E-state index contributed by atoms with van der Waals surface area (Å²) in [5.41, 5.74) is 1.87. The minimum absolute atomic E-state index is 0.136. The lowest BCUT2D eigenvalue weighted by Gasteiger charge is -2.11. The Morgan fingerprint density at radius 3 is 2.39 bits per heavy atom. The number of phenols is 1. The second-order valence-electron chi connectivity index (χ2n) is 4.11. The van der Waals surface area contributed by atoms with Crippen molar-refractivity contribution >= 4 is 0 Å². The van der Waals surface area contributed by atoms with Crippen molar-refractivity contribution in [2.75, 3.05) is 0 Å². The van der Waals surface area contributed by atoms with Gasteiger partial charge < -0.3 is 5.11 Å². The Morgan fingerprint density at radius 1 is 1.22 bits per heavy atom. The predicted octanol–water partition coefficient (Wildman–Crippen LogP) is 2.03. The van der Waals surface area contributed by atoms with Crippen LogP contribution in [-0.2, 0) is 0 Å². The van der Waals surface area contributed by atoms with E-state index in [1.54, 1.807) is 25.1 Å². The molecular formula is C14H12N2O2. The summed E-state index contributed by atoms with van der Waals surface area (Å²) in [6, 6.07) is 10.0. The van der Waals surface area contributed by atoms with Gasteiger partial charge in [0.1, 0.15) is 17.4 Å². The maximum atomic E-state index is 12.2. The lowest BCUT2D eigenvalue weighted by Crippen LogP contribution is -2.24. The highest BCUT2D eigenvalue weighted by Gasteiger charge is 2.11. The molecule has 2 aromatic rings. The van der Waals surface area contributed by atoms with Crippen LogP contribution in [0.3, 0.4) is 0 Å². The van der Waals surface area contributed by atoms with Crippen molar-refractivity contribution in [3.05, 3.63) is 57.5 Å². The summed E-state index contributed by atoms with van der Waals surface area (Å²) in [6.45, 7) is 3.55. The van der Waals surface area contributed by atoms with Gasteiger partial charge in [0.25, 0.3) is 5.56 Å². The SMILES string of the molecule is Cc1cc(C)n(-c2ccc(O)cc2)c(=O)c1C#N. The number of aryl methyl sites for hydroxylation is 2. The zero-order chi connectivity index (χ0) is 13.3. The van der Waals surface area contributed by atoms with Crippen LogP contribution in [0.15, 0.2) is 35.1 Å². The molecule has 1 N–H and O–H groups in total. The predicted molar refractivity (Wildman–Crippen MR) is 67.9 cm³/mol. The van der Waals surface area contributed by atoms with Crippen LogP contribution >= 0.6 is 0 Å². The van der Waals surface area contributed by atoms with Crippen molar-refractivity contribution in [1.29, 1.82) is 5.26 Å². The summed E-state index contributed by atoms with van der Waals surface area (Å²) in [5.74, 6) is 0.136. The molecule has 0 saturated carbocycles. The van der Waals surface area contributed by atoms with Gasteiger partial charge in [-0.15, -0.1) is 0 Å². The Balaban J connectivity index is 2.77. The first-order valence-electron chi connectivity index (χ1n) is 5.47. The molecule has 0 aliphatic heterocycles. The van der Waals surface area contributed by atoms with Crippen LogP contribution in [0.5, 0.6) is 5.75 Å². The summed E-state index contributed by atoms with van der Waals surface area (Å²) in [4.78, 5) is 12.2. The molecule has 2 rings (SSSR count). The van der Waals surface area contributed by atoms with Crippen molar-refractivity contribution < 1.29 is 5.11 Å². The largest absolute Gasteiger partial charge is 0.508 e. The summed E-state index contributed by atoms with van der Waals surface area (Å²) < 4.78 is 1.46. The molecule has 0 bridgehead atoms. The second kappa shape index (κ2) is 4.38. The minimum Gasteiger partial charge on any atom is -0.508 e. The Labute approximate surface area is 104 Å². The Kier molecular flexibility index (Phi) is 2.90. The number of nitrogens with zero attached hydrogens (tertiary/aromatic N) is 2. The Hall–Kier alpha value is -2.54. The van der Waals surface area contributed by atoms with E-state index in [4.69, 9.17) is 5.26 Å². The Morgan fingerprint density at radius 2 is 1.83 bits per heavy atom. The molecule has 1 heterocycles. The minimum atomic E-state index is -0.333. The van der Waals surface area contributed by atoms with Crippen LogP contribution in [0.4, 0.5) is 0 Å². The molecule has 4 heteroatoms. The number of benzene rings is 1. The van der Waals surface area contributed by atoms with E-state index in [0.29, 0.717) is 11.3 Å². The monoisotopic (exact) mass is 240 g/mol. The third-order valence-corrected chi connectivity index (χ3v) is 2.81. The Bertz CT molecular complexity index is 691. The summed E-state index contributed by atoms with van der Waals surface area (Å²) >= 11 is 0. The van der Waals surface area contributed by atoms with E-state index in [1.807, 2.05) is 13.0 Å². The van der Waals surface area contributed by atoms with Gasteiger partial charge in [-0.05, 0) is 49.7 Å². The molecule has 0 atom stereocenters. The summed E-state index contributed by atoms with van der Waals surface area (Å²) in [7, 11) is 0. The molecule has 0 aliphatic carbocycles. The molecule has 0 spiro atoms. The van der Waals surface area contributed by atoms with E-state index in [1.165, 1.54) is 16.7 Å². The maximum Gasteiger partial charge on any atom is 0.273 e. The third-order valence-electron chi connectivity index (χ3n) is 2.81. The van der Waals surface area contributed by atoms with E-state index >= 15 is 0 Å². The first-order chi connectivity index (χ1) is 8.54. The zero-order valence-electron chi connectivity index (χ0n) is 10.1. The van der Waals surface area contributed by atoms with Gasteiger partial charge in [0.05, 0.1) is 0 Å². The fraction of sp³-hybridized carbons (Fsp3) is 0.143. The molecule has 0 unspecified atom stereocenters. The van der Waals surface area contributed by atoms with Crippen molar-refractivity contribution in [2.24, 2.45) is 0 Å². The van der Waals surface area contributed by atoms with Gasteiger partial charge in [0, 0.05) is 11.4 Å². The smallest absolute Gasteiger partial charge is 0.273 e. The number of rotatable bonds is 1. The number of pyridine rings is 1. The molecule has 0 radical (unpaired) electrons. The topological polar surface area (TPSA) is 66.0 Å². The number of aromatic hydroxyl groups is 1. The van der Waals surface area contributed by atoms with E-state index in [9.17, 15) is 9.90 Å². The molecule has 4 nitrogen and oxygen atoms in total. The van der Waals surface area contributed by atoms with Crippen LogP contribution in [0.2, 0.25) is 0 Å². The second-order valence-corrected chi connectivity index (χ2v) is 4.11. The van der Waals surface area contributed by atoms with Gasteiger partial charge in [-0.2, -0.15) is 5.26 Å². The molecule has 1 aromatic heterocycles. The highest BCUT2D eigenvalue weighted by atomic mass is 16.3. The molecule has 0 saturated heterocycles. The maximum absolute atomic E-state index is 12.2. The van der Waals surface area contributed by atoms with Crippen LogP contribution in [0.25, 0.3) is 5.69 Å². The van der Waals surface area contributed by atoms with Crippen molar-refractivity contribution in [3.8, 4) is 17.5 Å². The number of hydrogen-bond acceptors (Lipinski definition) is 3. The molecule has 18 heavy (non-hydrogen) atoms. The zero-order valence-corrected chi connectivity index (χ0v) is 10.1. The van der Waals surface area contributed by atoms with Crippen LogP contribution in [-0.4, -0.2) is 9.67 Å². The van der Waals surface area contributed by atoms with Gasteiger partial charge in [-0.3, -0.25) is 9.36 Å². The highest BCUT2D eigenvalue weighted by Crippen LogP contribution is 2.15. The van der Waals surface area contributed by atoms with Crippen molar-refractivity contribution in [1.82, 2.24) is 4.57 Å². The van der Waals surface area contributed by atoms with Gasteiger partial charge >= 0.3 is 0 Å². The fourth-order valence-corrected chi connectivity index (χ4v) is 1.95. The number of phenolic OH excluding ortho intramolecular Hbond substituents is 1. The molecule has 1 aromatic carbocycles. The first kappa shape index (κ1) is 11.9. The normalized spacial score (nSPS) is 10.1. The average Bonchev–Trinajstić information content (AvgIpc) is 2.31. The molecule has 90 valence electrons. The average molecular weight is 240 g/mol. The lowest BCUT2D eigenvalue weighted by atomic mass is 10.1. The summed E-state index contributed by atoms with van der Waals surface area (Å²) in [6.07, 6.45) is 0. The molecule has 0 fully saturated rings. The van der Waals surface area contributed by atoms with Crippen LogP contribution < -0.4 is 5.56 Å². The van der Waals surface area contributed by atoms with Crippen LogP contribution in [0, 0.1) is 25.2 Å². The molecule has 0 amide bonds. The third kappa shape index (κ3) is 1.87. The fourth-order valence-electron chi connectivity index (χ4n) is 1.95. The highest BCUT2D eigenvalue weighted by molar-refractivity contribution is 5.43. The van der Waals surface area contributed by atoms with Gasteiger partial charge in [0.2, 0.25) is 0 Å². The van der Waals surface area contributed by atoms with Crippen molar-refractivity contribution in [3.63, 3.8) is 0 Å². The van der Waals surface area contributed by atoms with Gasteiger partial charge in [-0.25, -0.2) is 0 Å². The van der Waals surface area contributed by atoms with Gasteiger partial charge in [-0.1, -0.05) is 0 Å². The number of aromatic nitrogens is 1.